The van der Waals surface area contributed by atoms with Crippen LogP contribution in [0.25, 0.3) is 0 Å². The Hall–Kier alpha value is -0.0151. The molecule has 0 saturated carbocycles. The average molecular weight is 180 g/mol. The molecule has 0 N–H and O–H groups in total. The number of hydrogen-bond donors (Lipinski definition) is 0. The van der Waals surface area contributed by atoms with E-state index >= 15 is 0 Å². The van der Waals surface area contributed by atoms with Crippen molar-refractivity contribution in [2.75, 3.05) is 33.2 Å². The van der Waals surface area contributed by atoms with Crippen LogP contribution in [-0.4, -0.2) is 50.9 Å². The van der Waals surface area contributed by atoms with Crippen LogP contribution >= 0.6 is 0 Å². The van der Waals surface area contributed by atoms with Gasteiger partial charge in [-0.15, -0.1) is 0 Å². The molecule has 13 heavy (non-hydrogen) atoms. The molecule has 1 spiro atoms. The molecule has 0 aromatic carbocycles. The summed E-state index contributed by atoms with van der Waals surface area (Å²) in [4.78, 5) is 4.99. The standard InChI is InChI=1S/C10H21BN2/c1-12-6-2-3-10(9-12)4-7-13(11)8-5-10/h2-9,11H2,1H3. The van der Waals surface area contributed by atoms with Gasteiger partial charge in [0.15, 0.2) is 7.98 Å². The molecule has 0 unspecified atom stereocenters. The van der Waals surface area contributed by atoms with Gasteiger partial charge >= 0.3 is 0 Å². The van der Waals surface area contributed by atoms with E-state index in [0.717, 1.165) is 0 Å². The quantitative estimate of drug-likeness (QED) is 0.496. The first-order valence-corrected chi connectivity index (χ1v) is 5.57. The molecule has 74 valence electrons. The minimum Gasteiger partial charge on any atom is -0.349 e. The van der Waals surface area contributed by atoms with E-state index in [0.29, 0.717) is 5.41 Å². The first kappa shape index (κ1) is 9.54. The lowest BCUT2D eigenvalue weighted by atomic mass is 9.72. The SMILES string of the molecule is BN1CCC2(CCCN(C)C2)CC1. The summed E-state index contributed by atoms with van der Waals surface area (Å²) in [6, 6.07) is 0. The molecule has 3 heteroatoms. The lowest BCUT2D eigenvalue weighted by molar-refractivity contribution is 0.0569. The lowest BCUT2D eigenvalue weighted by Crippen LogP contribution is -2.47. The van der Waals surface area contributed by atoms with Crippen molar-refractivity contribution in [3.63, 3.8) is 0 Å². The normalized spacial score (nSPS) is 30.8. The lowest BCUT2D eigenvalue weighted by Gasteiger charge is -2.46. The molecule has 2 aliphatic heterocycles. The molecule has 0 aromatic heterocycles. The molecular formula is C10H21BN2. The third kappa shape index (κ3) is 2.08. The largest absolute Gasteiger partial charge is 0.349 e. The van der Waals surface area contributed by atoms with Crippen LogP contribution in [0.15, 0.2) is 0 Å². The summed E-state index contributed by atoms with van der Waals surface area (Å²) in [6.45, 7) is 5.29. The third-order valence-corrected chi connectivity index (χ3v) is 3.90. The van der Waals surface area contributed by atoms with E-state index in [1.807, 2.05) is 0 Å². The van der Waals surface area contributed by atoms with Gasteiger partial charge in [-0.25, -0.2) is 0 Å². The molecule has 0 atom stereocenters. The minimum absolute atomic E-state index is 0.694. The van der Waals surface area contributed by atoms with Crippen LogP contribution in [0.5, 0.6) is 0 Å². The molecule has 0 amide bonds. The number of likely N-dealkylation sites (tertiary alicyclic amines) is 1. The fourth-order valence-electron chi connectivity index (χ4n) is 2.96. The van der Waals surface area contributed by atoms with Crippen molar-refractivity contribution in [1.82, 2.24) is 9.71 Å². The maximum Gasteiger partial charge on any atom is 0.185 e. The highest BCUT2D eigenvalue weighted by molar-refractivity contribution is 6.04. The Morgan fingerprint density at radius 3 is 2.38 bits per heavy atom. The number of nitrogens with zero attached hydrogens (tertiary/aromatic N) is 2. The molecule has 0 aliphatic carbocycles. The van der Waals surface area contributed by atoms with Gasteiger partial charge in [0.1, 0.15) is 0 Å². The van der Waals surface area contributed by atoms with Crippen LogP contribution < -0.4 is 0 Å². The number of rotatable bonds is 0. The van der Waals surface area contributed by atoms with E-state index in [-0.39, 0.29) is 0 Å². The van der Waals surface area contributed by atoms with E-state index < -0.39 is 0 Å². The second-order valence-electron chi connectivity index (χ2n) is 5.14. The molecule has 0 radical (unpaired) electrons. The fraction of sp³-hybridized carbons (Fsp3) is 1.00. The Morgan fingerprint density at radius 2 is 1.77 bits per heavy atom. The number of hydrogen-bond acceptors (Lipinski definition) is 2. The van der Waals surface area contributed by atoms with E-state index in [1.54, 1.807) is 0 Å². The summed E-state index contributed by atoms with van der Waals surface area (Å²) in [7, 11) is 4.53. The molecule has 2 fully saturated rings. The summed E-state index contributed by atoms with van der Waals surface area (Å²) in [5.74, 6) is 0. The van der Waals surface area contributed by atoms with Gasteiger partial charge in [0.05, 0.1) is 0 Å². The first-order chi connectivity index (χ1) is 6.20. The Bertz CT molecular complexity index is 176. The van der Waals surface area contributed by atoms with Crippen molar-refractivity contribution in [2.24, 2.45) is 5.41 Å². The third-order valence-electron chi connectivity index (χ3n) is 3.90. The van der Waals surface area contributed by atoms with Gasteiger partial charge in [-0.2, -0.15) is 0 Å². The monoisotopic (exact) mass is 180 g/mol. The van der Waals surface area contributed by atoms with Gasteiger partial charge in [0.2, 0.25) is 0 Å². The highest BCUT2D eigenvalue weighted by Gasteiger charge is 2.36. The molecule has 2 aliphatic rings. The van der Waals surface area contributed by atoms with E-state index in [4.69, 9.17) is 0 Å². The van der Waals surface area contributed by atoms with Crippen LogP contribution in [0.2, 0.25) is 0 Å². The predicted octanol–water partition coefficient (Wildman–Crippen LogP) is 0.342. The Morgan fingerprint density at radius 1 is 1.08 bits per heavy atom. The second-order valence-corrected chi connectivity index (χ2v) is 5.14. The predicted molar refractivity (Wildman–Crippen MR) is 58.5 cm³/mol. The van der Waals surface area contributed by atoms with Crippen LogP contribution in [0, 0.1) is 5.41 Å². The zero-order valence-corrected chi connectivity index (χ0v) is 9.05. The molecule has 2 nitrogen and oxygen atoms in total. The van der Waals surface area contributed by atoms with Crippen molar-refractivity contribution in [2.45, 2.75) is 25.7 Å². The van der Waals surface area contributed by atoms with Crippen LogP contribution in [0.4, 0.5) is 0 Å². The molecule has 2 saturated heterocycles. The molecular weight excluding hydrogens is 159 g/mol. The minimum atomic E-state index is 0.694. The van der Waals surface area contributed by atoms with Crippen molar-refractivity contribution in [1.29, 1.82) is 0 Å². The maximum atomic E-state index is 2.52. The topological polar surface area (TPSA) is 6.48 Å². The van der Waals surface area contributed by atoms with Crippen molar-refractivity contribution >= 4 is 7.98 Å². The van der Waals surface area contributed by atoms with Crippen molar-refractivity contribution in [3.05, 3.63) is 0 Å². The molecule has 2 rings (SSSR count). The van der Waals surface area contributed by atoms with Crippen molar-refractivity contribution < 1.29 is 0 Å². The Labute approximate surface area is 82.7 Å². The first-order valence-electron chi connectivity index (χ1n) is 5.57. The van der Waals surface area contributed by atoms with Gasteiger partial charge < -0.3 is 9.71 Å². The van der Waals surface area contributed by atoms with E-state index in [1.165, 1.54) is 51.9 Å². The summed E-state index contributed by atoms with van der Waals surface area (Å²) in [5.41, 5.74) is 0.694. The average Bonchev–Trinajstić information content (AvgIpc) is 2.11. The summed E-state index contributed by atoms with van der Waals surface area (Å²) < 4.78 is 0. The van der Waals surface area contributed by atoms with Crippen LogP contribution in [0.1, 0.15) is 25.7 Å². The van der Waals surface area contributed by atoms with Crippen LogP contribution in [0.3, 0.4) is 0 Å². The zero-order chi connectivity index (χ0) is 9.31. The summed E-state index contributed by atoms with van der Waals surface area (Å²) in [5, 5.41) is 0. The van der Waals surface area contributed by atoms with E-state index in [9.17, 15) is 0 Å². The van der Waals surface area contributed by atoms with Crippen LogP contribution in [-0.2, 0) is 0 Å². The highest BCUT2D eigenvalue weighted by Crippen LogP contribution is 2.38. The molecule has 0 bridgehead atoms. The fourth-order valence-corrected chi connectivity index (χ4v) is 2.96. The number of piperidine rings is 2. The van der Waals surface area contributed by atoms with Gasteiger partial charge in [0.25, 0.3) is 0 Å². The van der Waals surface area contributed by atoms with E-state index in [2.05, 4.69) is 24.7 Å². The Balaban J connectivity index is 1.95. The Kier molecular flexibility index (Phi) is 2.66. The molecule has 2 heterocycles. The zero-order valence-electron chi connectivity index (χ0n) is 9.05. The van der Waals surface area contributed by atoms with Gasteiger partial charge in [0, 0.05) is 6.54 Å². The molecule has 0 aromatic rings. The highest BCUT2D eigenvalue weighted by atomic mass is 15.1. The van der Waals surface area contributed by atoms with Gasteiger partial charge in [-0.3, -0.25) is 0 Å². The smallest absolute Gasteiger partial charge is 0.185 e. The summed E-state index contributed by atoms with van der Waals surface area (Å²) in [6.07, 6.45) is 5.74. The van der Waals surface area contributed by atoms with Crippen molar-refractivity contribution in [3.8, 4) is 0 Å². The maximum absolute atomic E-state index is 2.52. The summed E-state index contributed by atoms with van der Waals surface area (Å²) >= 11 is 0. The van der Waals surface area contributed by atoms with Gasteiger partial charge in [-0.05, 0) is 57.8 Å². The van der Waals surface area contributed by atoms with Gasteiger partial charge in [-0.1, -0.05) is 0 Å². The second kappa shape index (κ2) is 3.62.